The van der Waals surface area contributed by atoms with E-state index >= 15 is 0 Å². The average molecular weight is 221 g/mol. The number of carbonyl (C=O) groups excluding carboxylic acids is 1. The maximum absolute atomic E-state index is 11.5. The monoisotopic (exact) mass is 221 g/mol. The van der Waals surface area contributed by atoms with Gasteiger partial charge in [0.15, 0.2) is 0 Å². The molecule has 1 amide bonds. The number of nitrogens with zero attached hydrogens (tertiary/aromatic N) is 2. The van der Waals surface area contributed by atoms with Gasteiger partial charge in [0.2, 0.25) is 5.89 Å². The van der Waals surface area contributed by atoms with Crippen LogP contribution >= 0.6 is 0 Å². The standard InChI is InChI=1S/C9H11N5O2/c1-5-3-11-8(16-5)4-12-9(15)6-2-7(10)14-13-6/h2-3H,4H2,1H3,(H,12,15)(H3,10,13,14). The van der Waals surface area contributed by atoms with Crippen molar-refractivity contribution in [1.82, 2.24) is 20.5 Å². The molecule has 7 heteroatoms. The predicted molar refractivity (Wildman–Crippen MR) is 55.4 cm³/mol. The number of aromatic nitrogens is 3. The van der Waals surface area contributed by atoms with Crippen molar-refractivity contribution >= 4 is 11.7 Å². The van der Waals surface area contributed by atoms with Gasteiger partial charge in [0, 0.05) is 6.07 Å². The summed E-state index contributed by atoms with van der Waals surface area (Å²) in [5.74, 6) is 1.13. The van der Waals surface area contributed by atoms with Crippen LogP contribution in [0.2, 0.25) is 0 Å². The molecule has 0 bridgehead atoms. The molecule has 7 nitrogen and oxygen atoms in total. The minimum atomic E-state index is -0.306. The molecule has 16 heavy (non-hydrogen) atoms. The molecule has 2 aromatic rings. The van der Waals surface area contributed by atoms with Crippen LogP contribution in [0.3, 0.4) is 0 Å². The van der Waals surface area contributed by atoms with Crippen molar-refractivity contribution in [3.05, 3.63) is 29.6 Å². The first-order valence-corrected chi connectivity index (χ1v) is 4.65. The second kappa shape index (κ2) is 4.05. The Bertz CT molecular complexity index is 501. The molecule has 0 unspecified atom stereocenters. The summed E-state index contributed by atoms with van der Waals surface area (Å²) in [7, 11) is 0. The smallest absolute Gasteiger partial charge is 0.269 e. The lowest BCUT2D eigenvalue weighted by Crippen LogP contribution is -2.23. The number of anilines is 1. The number of aryl methyl sites for hydroxylation is 1. The zero-order valence-electron chi connectivity index (χ0n) is 8.65. The molecule has 0 spiro atoms. The third kappa shape index (κ3) is 2.19. The number of nitrogen functional groups attached to an aromatic ring is 1. The van der Waals surface area contributed by atoms with E-state index in [1.54, 1.807) is 13.1 Å². The van der Waals surface area contributed by atoms with Crippen LogP contribution in [-0.2, 0) is 6.54 Å². The first-order valence-electron chi connectivity index (χ1n) is 4.65. The summed E-state index contributed by atoms with van der Waals surface area (Å²) in [6, 6.07) is 1.45. The van der Waals surface area contributed by atoms with Gasteiger partial charge in [-0.25, -0.2) is 4.98 Å². The van der Waals surface area contributed by atoms with Crippen LogP contribution in [0.1, 0.15) is 22.1 Å². The van der Waals surface area contributed by atoms with Crippen molar-refractivity contribution in [3.8, 4) is 0 Å². The maximum Gasteiger partial charge on any atom is 0.269 e. The summed E-state index contributed by atoms with van der Waals surface area (Å²) in [5, 5.41) is 8.78. The highest BCUT2D eigenvalue weighted by Crippen LogP contribution is 2.03. The van der Waals surface area contributed by atoms with Gasteiger partial charge >= 0.3 is 0 Å². The summed E-state index contributed by atoms with van der Waals surface area (Å²) < 4.78 is 5.20. The maximum atomic E-state index is 11.5. The number of hydrogen-bond acceptors (Lipinski definition) is 5. The van der Waals surface area contributed by atoms with E-state index in [9.17, 15) is 4.79 Å². The molecule has 4 N–H and O–H groups in total. The van der Waals surface area contributed by atoms with Crippen molar-refractivity contribution in [2.45, 2.75) is 13.5 Å². The molecule has 0 radical (unpaired) electrons. The molecule has 2 aromatic heterocycles. The van der Waals surface area contributed by atoms with Gasteiger partial charge in [0.25, 0.3) is 5.91 Å². The second-order valence-electron chi connectivity index (χ2n) is 3.25. The van der Waals surface area contributed by atoms with Crippen LogP contribution in [0.4, 0.5) is 5.82 Å². The SMILES string of the molecule is Cc1cnc(CNC(=O)c2cc(N)n[nH]2)o1. The zero-order valence-corrected chi connectivity index (χ0v) is 8.65. The van der Waals surface area contributed by atoms with E-state index in [-0.39, 0.29) is 18.3 Å². The number of aromatic amines is 1. The highest BCUT2D eigenvalue weighted by atomic mass is 16.4. The number of nitrogens with two attached hydrogens (primary N) is 1. The third-order valence-electron chi connectivity index (χ3n) is 1.91. The van der Waals surface area contributed by atoms with Gasteiger partial charge in [-0.3, -0.25) is 9.89 Å². The average Bonchev–Trinajstić information content (AvgIpc) is 2.84. The third-order valence-corrected chi connectivity index (χ3v) is 1.91. The Labute approximate surface area is 91.0 Å². The quantitative estimate of drug-likeness (QED) is 0.686. The van der Waals surface area contributed by atoms with Gasteiger partial charge in [-0.05, 0) is 6.92 Å². The van der Waals surface area contributed by atoms with E-state index in [1.165, 1.54) is 6.07 Å². The Kier molecular flexibility index (Phi) is 2.59. The van der Waals surface area contributed by atoms with Crippen LogP contribution in [0.15, 0.2) is 16.7 Å². The summed E-state index contributed by atoms with van der Waals surface area (Å²) >= 11 is 0. The predicted octanol–water partition coefficient (Wildman–Crippen LogP) is 0.218. The molecule has 0 saturated heterocycles. The zero-order chi connectivity index (χ0) is 11.5. The van der Waals surface area contributed by atoms with Gasteiger partial charge in [-0.15, -0.1) is 0 Å². The lowest BCUT2D eigenvalue weighted by atomic mass is 10.4. The fourth-order valence-corrected chi connectivity index (χ4v) is 1.19. The first-order chi connectivity index (χ1) is 7.65. The largest absolute Gasteiger partial charge is 0.444 e. The Morgan fingerprint density at radius 1 is 1.69 bits per heavy atom. The lowest BCUT2D eigenvalue weighted by molar-refractivity contribution is 0.0942. The van der Waals surface area contributed by atoms with Crippen LogP contribution < -0.4 is 11.1 Å². The molecule has 2 heterocycles. The van der Waals surface area contributed by atoms with Gasteiger partial charge in [-0.1, -0.05) is 0 Å². The van der Waals surface area contributed by atoms with E-state index < -0.39 is 0 Å². The Morgan fingerprint density at radius 3 is 3.06 bits per heavy atom. The van der Waals surface area contributed by atoms with Gasteiger partial charge in [0.1, 0.15) is 17.3 Å². The van der Waals surface area contributed by atoms with Gasteiger partial charge < -0.3 is 15.5 Å². The molecule has 0 aliphatic carbocycles. The topological polar surface area (TPSA) is 110 Å². The molecule has 0 atom stereocenters. The van der Waals surface area contributed by atoms with Gasteiger partial charge in [0.05, 0.1) is 12.7 Å². The Hall–Kier alpha value is -2.31. The minimum Gasteiger partial charge on any atom is -0.444 e. The van der Waals surface area contributed by atoms with Crippen molar-refractivity contribution < 1.29 is 9.21 Å². The van der Waals surface area contributed by atoms with Crippen molar-refractivity contribution in [2.75, 3.05) is 5.73 Å². The number of rotatable bonds is 3. The molecule has 0 fully saturated rings. The summed E-state index contributed by atoms with van der Waals surface area (Å²) in [6.45, 7) is 2.01. The molecular weight excluding hydrogens is 210 g/mol. The number of hydrogen-bond donors (Lipinski definition) is 3. The van der Waals surface area contributed by atoms with Crippen molar-refractivity contribution in [1.29, 1.82) is 0 Å². The summed E-state index contributed by atoms with van der Waals surface area (Å²) in [6.07, 6.45) is 1.59. The minimum absolute atomic E-state index is 0.228. The lowest BCUT2D eigenvalue weighted by Gasteiger charge is -1.98. The molecule has 0 aliphatic rings. The van der Waals surface area contributed by atoms with E-state index in [1.807, 2.05) is 0 Å². The van der Waals surface area contributed by atoms with E-state index in [4.69, 9.17) is 10.2 Å². The van der Waals surface area contributed by atoms with Gasteiger partial charge in [-0.2, -0.15) is 5.10 Å². The summed E-state index contributed by atoms with van der Waals surface area (Å²) in [5.41, 5.74) is 5.68. The van der Waals surface area contributed by atoms with E-state index in [0.29, 0.717) is 17.3 Å². The molecular formula is C9H11N5O2. The van der Waals surface area contributed by atoms with Crippen LogP contribution in [0, 0.1) is 6.92 Å². The Balaban J connectivity index is 1.93. The number of amides is 1. The molecule has 84 valence electrons. The highest BCUT2D eigenvalue weighted by molar-refractivity contribution is 5.92. The number of nitrogens with one attached hydrogen (secondary N) is 2. The summed E-state index contributed by atoms with van der Waals surface area (Å²) in [4.78, 5) is 15.5. The van der Waals surface area contributed by atoms with Crippen molar-refractivity contribution in [3.63, 3.8) is 0 Å². The fourth-order valence-electron chi connectivity index (χ4n) is 1.19. The van der Waals surface area contributed by atoms with E-state index in [0.717, 1.165) is 0 Å². The number of H-pyrrole nitrogens is 1. The second-order valence-corrected chi connectivity index (χ2v) is 3.25. The Morgan fingerprint density at radius 2 is 2.50 bits per heavy atom. The fraction of sp³-hybridized carbons (Fsp3) is 0.222. The van der Waals surface area contributed by atoms with E-state index in [2.05, 4.69) is 20.5 Å². The normalized spacial score (nSPS) is 10.3. The highest BCUT2D eigenvalue weighted by Gasteiger charge is 2.09. The van der Waals surface area contributed by atoms with Crippen LogP contribution in [0.25, 0.3) is 0 Å². The van der Waals surface area contributed by atoms with Crippen LogP contribution in [-0.4, -0.2) is 21.1 Å². The molecule has 2 rings (SSSR count). The van der Waals surface area contributed by atoms with Crippen molar-refractivity contribution in [2.24, 2.45) is 0 Å². The van der Waals surface area contributed by atoms with Crippen LogP contribution in [0.5, 0.6) is 0 Å². The number of oxazole rings is 1. The molecule has 0 saturated carbocycles. The first kappa shape index (κ1) is 10.2. The molecule has 0 aromatic carbocycles. The number of carbonyl (C=O) groups is 1. The molecule has 0 aliphatic heterocycles.